The van der Waals surface area contributed by atoms with Gasteiger partial charge in [0, 0.05) is 30.7 Å². The number of hydrogen-bond donors (Lipinski definition) is 0. The van der Waals surface area contributed by atoms with E-state index in [1.54, 1.807) is 24.3 Å². The molecule has 2 aromatic carbocycles. The number of rotatable bonds is 4. The first-order chi connectivity index (χ1) is 12.5. The fraction of sp³-hybridized carbons (Fsp3) is 0.238. The lowest BCUT2D eigenvalue weighted by atomic mass is 10.0. The van der Waals surface area contributed by atoms with Crippen LogP contribution in [-0.4, -0.2) is 46.8 Å². The highest BCUT2D eigenvalue weighted by molar-refractivity contribution is 6.21. The van der Waals surface area contributed by atoms with Crippen molar-refractivity contribution in [1.29, 1.82) is 0 Å². The number of amides is 2. The minimum Gasteiger partial charge on any atom is -0.350 e. The molecule has 5 nitrogen and oxygen atoms in total. The van der Waals surface area contributed by atoms with E-state index in [0.29, 0.717) is 17.7 Å². The van der Waals surface area contributed by atoms with Crippen LogP contribution < -0.4 is 0 Å². The highest BCUT2D eigenvalue weighted by atomic mass is 16.2. The Labute approximate surface area is 152 Å². The number of nitrogens with zero attached hydrogens (tertiary/aromatic N) is 3. The van der Waals surface area contributed by atoms with E-state index in [0.717, 1.165) is 16.5 Å². The molecule has 2 amide bonds. The van der Waals surface area contributed by atoms with E-state index in [1.807, 2.05) is 33.3 Å². The van der Waals surface area contributed by atoms with Gasteiger partial charge in [-0.2, -0.15) is 0 Å². The van der Waals surface area contributed by atoms with E-state index in [2.05, 4.69) is 27.8 Å². The van der Waals surface area contributed by atoms with Crippen LogP contribution >= 0.6 is 0 Å². The summed E-state index contributed by atoms with van der Waals surface area (Å²) in [7, 11) is 5.97. The van der Waals surface area contributed by atoms with E-state index in [4.69, 9.17) is 0 Å². The molecule has 0 spiro atoms. The first kappa shape index (κ1) is 16.5. The lowest BCUT2D eigenvalue weighted by Gasteiger charge is -2.28. The van der Waals surface area contributed by atoms with Gasteiger partial charge in [-0.1, -0.05) is 30.3 Å². The van der Waals surface area contributed by atoms with Crippen LogP contribution in [0.1, 0.15) is 32.3 Å². The van der Waals surface area contributed by atoms with Crippen LogP contribution in [0, 0.1) is 0 Å². The number of imide groups is 1. The van der Waals surface area contributed by atoms with Crippen molar-refractivity contribution >= 4 is 22.7 Å². The van der Waals surface area contributed by atoms with Crippen molar-refractivity contribution < 1.29 is 9.59 Å². The Kier molecular flexibility index (Phi) is 3.89. The summed E-state index contributed by atoms with van der Waals surface area (Å²) in [6.45, 7) is 0.327. The van der Waals surface area contributed by atoms with Crippen molar-refractivity contribution in [1.82, 2.24) is 14.4 Å². The molecule has 1 aromatic heterocycles. The van der Waals surface area contributed by atoms with Gasteiger partial charge in [-0.3, -0.25) is 14.5 Å². The van der Waals surface area contributed by atoms with Crippen LogP contribution in [0.3, 0.4) is 0 Å². The maximum Gasteiger partial charge on any atom is 0.261 e. The molecule has 1 atom stereocenters. The van der Waals surface area contributed by atoms with Gasteiger partial charge < -0.3 is 9.47 Å². The molecular weight excluding hydrogens is 326 g/mol. The second-order valence-corrected chi connectivity index (χ2v) is 6.96. The van der Waals surface area contributed by atoms with Crippen molar-refractivity contribution in [2.24, 2.45) is 7.05 Å². The lowest BCUT2D eigenvalue weighted by Crippen LogP contribution is -2.38. The summed E-state index contributed by atoms with van der Waals surface area (Å²) in [4.78, 5) is 28.9. The fourth-order valence-electron chi connectivity index (χ4n) is 3.76. The third kappa shape index (κ3) is 2.44. The highest BCUT2D eigenvalue weighted by Crippen LogP contribution is 2.31. The average molecular weight is 347 g/mol. The first-order valence-corrected chi connectivity index (χ1v) is 8.64. The summed E-state index contributed by atoms with van der Waals surface area (Å²) in [5, 5.41) is 1.14. The predicted molar refractivity (Wildman–Crippen MR) is 101 cm³/mol. The molecule has 132 valence electrons. The number of fused-ring (bicyclic) bond motifs is 2. The minimum absolute atomic E-state index is 0.0803. The highest BCUT2D eigenvalue weighted by Gasteiger charge is 2.37. The predicted octanol–water partition coefficient (Wildman–Crippen LogP) is 3.08. The molecule has 0 radical (unpaired) electrons. The zero-order valence-electron chi connectivity index (χ0n) is 15.1. The number of likely N-dealkylation sites (N-methyl/N-ethyl adjacent to an activating group) is 1. The van der Waals surface area contributed by atoms with E-state index >= 15 is 0 Å². The fourth-order valence-corrected chi connectivity index (χ4v) is 3.76. The summed E-state index contributed by atoms with van der Waals surface area (Å²) >= 11 is 0. The lowest BCUT2D eigenvalue weighted by molar-refractivity contribution is 0.0612. The maximum absolute atomic E-state index is 12.7. The molecule has 0 N–H and O–H groups in total. The molecule has 1 unspecified atom stereocenters. The maximum atomic E-state index is 12.7. The molecule has 1 aliphatic heterocycles. The topological polar surface area (TPSA) is 45.6 Å². The molecule has 1 aliphatic rings. The molecule has 3 aromatic rings. The van der Waals surface area contributed by atoms with Crippen molar-refractivity contribution in [2.75, 3.05) is 20.6 Å². The number of hydrogen-bond acceptors (Lipinski definition) is 3. The number of aromatic nitrogens is 1. The third-order valence-electron chi connectivity index (χ3n) is 5.14. The molecule has 0 fully saturated rings. The van der Waals surface area contributed by atoms with Gasteiger partial charge in [-0.15, -0.1) is 0 Å². The number of carbonyl (C=O) groups is 2. The molecule has 5 heteroatoms. The normalized spacial score (nSPS) is 15.2. The largest absolute Gasteiger partial charge is 0.350 e. The van der Waals surface area contributed by atoms with Gasteiger partial charge in [0.25, 0.3) is 11.8 Å². The SMILES string of the molecule is CN(C)C(CN1C(=O)c2ccccc2C1=O)c1cn(C)c2ccccc12. The van der Waals surface area contributed by atoms with Crippen molar-refractivity contribution in [2.45, 2.75) is 6.04 Å². The van der Waals surface area contributed by atoms with Gasteiger partial charge in [0.15, 0.2) is 0 Å². The minimum atomic E-state index is -0.210. The number of benzene rings is 2. The molecule has 0 saturated carbocycles. The first-order valence-electron chi connectivity index (χ1n) is 8.64. The smallest absolute Gasteiger partial charge is 0.261 e. The Hall–Kier alpha value is -2.92. The Morgan fingerprint density at radius 2 is 1.50 bits per heavy atom. The average Bonchev–Trinajstić information content (AvgIpc) is 3.09. The van der Waals surface area contributed by atoms with Crippen LogP contribution in [0.15, 0.2) is 54.7 Å². The zero-order chi connectivity index (χ0) is 18.4. The van der Waals surface area contributed by atoms with Gasteiger partial charge in [0.1, 0.15) is 0 Å². The molecule has 0 bridgehead atoms. The van der Waals surface area contributed by atoms with Crippen molar-refractivity contribution in [3.8, 4) is 0 Å². The summed E-state index contributed by atoms with van der Waals surface area (Å²) in [6, 6.07) is 15.1. The van der Waals surface area contributed by atoms with Gasteiger partial charge >= 0.3 is 0 Å². The van der Waals surface area contributed by atoms with Crippen LogP contribution in [0.25, 0.3) is 10.9 Å². The third-order valence-corrected chi connectivity index (χ3v) is 5.14. The monoisotopic (exact) mass is 347 g/mol. The summed E-state index contributed by atoms with van der Waals surface area (Å²) in [5.41, 5.74) is 3.24. The van der Waals surface area contributed by atoms with E-state index in [9.17, 15) is 9.59 Å². The van der Waals surface area contributed by atoms with Gasteiger partial charge in [0.2, 0.25) is 0 Å². The molecule has 0 saturated heterocycles. The molecule has 26 heavy (non-hydrogen) atoms. The Morgan fingerprint density at radius 1 is 0.923 bits per heavy atom. The second kappa shape index (κ2) is 6.11. The second-order valence-electron chi connectivity index (χ2n) is 6.96. The van der Waals surface area contributed by atoms with E-state index in [1.165, 1.54) is 4.90 Å². The Morgan fingerprint density at radius 3 is 2.12 bits per heavy atom. The summed E-state index contributed by atoms with van der Waals surface area (Å²) < 4.78 is 2.09. The van der Waals surface area contributed by atoms with Crippen LogP contribution in [0.5, 0.6) is 0 Å². The van der Waals surface area contributed by atoms with Crippen molar-refractivity contribution in [3.63, 3.8) is 0 Å². The van der Waals surface area contributed by atoms with Crippen LogP contribution in [0.4, 0.5) is 0 Å². The summed E-state index contributed by atoms with van der Waals surface area (Å²) in [5.74, 6) is -0.421. The standard InChI is InChI=1S/C21H21N3O2/c1-22(2)19(17-12-23(3)18-11-7-6-8-14(17)18)13-24-20(25)15-9-4-5-10-16(15)21(24)26/h4-12,19H,13H2,1-3H3. The molecule has 4 rings (SSSR count). The number of carbonyl (C=O) groups excluding carboxylic acids is 2. The van der Waals surface area contributed by atoms with Crippen LogP contribution in [-0.2, 0) is 7.05 Å². The molecule has 0 aliphatic carbocycles. The Balaban J connectivity index is 1.73. The van der Waals surface area contributed by atoms with E-state index < -0.39 is 0 Å². The zero-order valence-corrected chi connectivity index (χ0v) is 15.1. The number of para-hydroxylation sites is 1. The quantitative estimate of drug-likeness (QED) is 0.682. The van der Waals surface area contributed by atoms with Crippen molar-refractivity contribution in [3.05, 3.63) is 71.4 Å². The van der Waals surface area contributed by atoms with Crippen LogP contribution in [0.2, 0.25) is 0 Å². The Bertz CT molecular complexity index is 984. The van der Waals surface area contributed by atoms with Gasteiger partial charge in [-0.05, 0) is 37.9 Å². The summed E-state index contributed by atoms with van der Waals surface area (Å²) in [6.07, 6.45) is 2.09. The molecule has 2 heterocycles. The van der Waals surface area contributed by atoms with E-state index in [-0.39, 0.29) is 17.9 Å². The van der Waals surface area contributed by atoms with Gasteiger partial charge in [0.05, 0.1) is 17.2 Å². The number of aryl methyl sites for hydroxylation is 1. The van der Waals surface area contributed by atoms with Gasteiger partial charge in [-0.25, -0.2) is 0 Å². The molecular formula is C21H21N3O2.